The standard InChI is InChI=1S/C21H34O2.C21H32O2.CH4.HI/c2*1-13(22)17-6-7-18-16-5-4-14-12-15(23)8-10-20(14,2)19(16)9-11-21(17,18)3;;/h14-19,23H,4-12H2,1-3H3;4,15-19,23H,5-12H2,1-3H3;1H4;1H/t14-,15-,16?,17+,18?,19?,20-,21+;15-,16?,17+,18?,19?,20-,21+;;/m00../s1. The molecule has 0 aromatic rings. The smallest absolute Gasteiger partial charge is 0.133 e. The normalized spacial score (nSPS) is 51.7. The van der Waals surface area contributed by atoms with Crippen LogP contribution in [0.25, 0.3) is 0 Å². The van der Waals surface area contributed by atoms with Crippen molar-refractivity contribution in [2.45, 2.75) is 170 Å². The van der Waals surface area contributed by atoms with Gasteiger partial charge in [-0.15, -0.1) is 24.0 Å². The maximum absolute atomic E-state index is 12.2. The molecule has 15 atom stereocenters. The lowest BCUT2D eigenvalue weighted by Crippen LogP contribution is -2.54. The second-order valence-corrected chi connectivity index (χ2v) is 19.3. The first-order chi connectivity index (χ1) is 21.7. The van der Waals surface area contributed by atoms with Crippen LogP contribution in [0, 0.1) is 74.9 Å². The molecule has 4 nitrogen and oxygen atoms in total. The van der Waals surface area contributed by atoms with E-state index in [1.54, 1.807) is 5.57 Å². The third kappa shape index (κ3) is 5.98. The third-order valence-corrected chi connectivity index (χ3v) is 17.7. The molecule has 6 unspecified atom stereocenters. The summed E-state index contributed by atoms with van der Waals surface area (Å²) in [6, 6.07) is 0. The van der Waals surface area contributed by atoms with Crippen LogP contribution in [0.4, 0.5) is 0 Å². The van der Waals surface area contributed by atoms with E-state index >= 15 is 0 Å². The van der Waals surface area contributed by atoms with E-state index in [1.807, 2.05) is 13.8 Å². The second-order valence-electron chi connectivity index (χ2n) is 19.3. The minimum absolute atomic E-state index is 0. The topological polar surface area (TPSA) is 74.6 Å². The Kier molecular flexibility index (Phi) is 11.3. The van der Waals surface area contributed by atoms with Gasteiger partial charge in [0.25, 0.3) is 0 Å². The Bertz CT molecular complexity index is 1250. The van der Waals surface area contributed by atoms with Gasteiger partial charge in [-0.2, -0.15) is 0 Å². The van der Waals surface area contributed by atoms with Crippen LogP contribution in [0.15, 0.2) is 11.6 Å². The van der Waals surface area contributed by atoms with Crippen LogP contribution >= 0.6 is 24.0 Å². The van der Waals surface area contributed by atoms with E-state index in [1.165, 1.54) is 64.2 Å². The molecule has 0 spiro atoms. The molecule has 5 heteroatoms. The minimum atomic E-state index is -0.117. The predicted octanol–water partition coefficient (Wildman–Crippen LogP) is 10.4. The molecule has 8 aliphatic carbocycles. The molecule has 0 aromatic carbocycles. The zero-order valence-corrected chi connectivity index (χ0v) is 32.9. The average Bonchev–Trinajstić information content (AvgIpc) is 3.55. The van der Waals surface area contributed by atoms with Crippen LogP contribution in [0.2, 0.25) is 0 Å². The van der Waals surface area contributed by atoms with Crippen LogP contribution in [-0.2, 0) is 9.59 Å². The molecule has 2 N–H and O–H groups in total. The van der Waals surface area contributed by atoms with Gasteiger partial charge >= 0.3 is 0 Å². The minimum Gasteiger partial charge on any atom is -0.393 e. The van der Waals surface area contributed by atoms with Gasteiger partial charge in [0.2, 0.25) is 0 Å². The Labute approximate surface area is 310 Å². The molecule has 0 aromatic heterocycles. The van der Waals surface area contributed by atoms with Gasteiger partial charge in [0.15, 0.2) is 0 Å². The van der Waals surface area contributed by atoms with Gasteiger partial charge in [-0.3, -0.25) is 9.59 Å². The Morgan fingerprint density at radius 2 is 1.15 bits per heavy atom. The van der Waals surface area contributed by atoms with Gasteiger partial charge in [-0.25, -0.2) is 0 Å². The van der Waals surface area contributed by atoms with E-state index in [9.17, 15) is 19.8 Å². The molecule has 7 fully saturated rings. The number of fused-ring (bicyclic) bond motifs is 10. The number of allylic oxidation sites excluding steroid dienone is 1. The number of ketones is 2. The molecule has 48 heavy (non-hydrogen) atoms. The van der Waals surface area contributed by atoms with Gasteiger partial charge in [0.1, 0.15) is 11.6 Å². The number of carbonyl (C=O) groups excluding carboxylic acids is 2. The highest BCUT2D eigenvalue weighted by Crippen LogP contribution is 2.68. The summed E-state index contributed by atoms with van der Waals surface area (Å²) in [6.45, 7) is 13.5. The van der Waals surface area contributed by atoms with E-state index in [0.29, 0.717) is 34.2 Å². The molecule has 274 valence electrons. The molecule has 0 amide bonds. The highest BCUT2D eigenvalue weighted by atomic mass is 127. The molecule has 0 aliphatic heterocycles. The Morgan fingerprint density at radius 1 is 0.625 bits per heavy atom. The van der Waals surface area contributed by atoms with Crippen molar-refractivity contribution >= 4 is 35.5 Å². The molecule has 8 rings (SSSR count). The maximum atomic E-state index is 12.2. The van der Waals surface area contributed by atoms with Crippen LogP contribution < -0.4 is 0 Å². The Morgan fingerprint density at radius 3 is 1.75 bits per heavy atom. The van der Waals surface area contributed by atoms with Crippen LogP contribution in [0.5, 0.6) is 0 Å². The second kappa shape index (κ2) is 13.9. The van der Waals surface area contributed by atoms with Crippen molar-refractivity contribution in [2.24, 2.45) is 74.9 Å². The Balaban J connectivity index is 0.000000180. The quantitative estimate of drug-likeness (QED) is 0.216. The lowest BCUT2D eigenvalue weighted by atomic mass is 9.44. The van der Waals surface area contributed by atoms with Gasteiger partial charge in [0, 0.05) is 11.8 Å². The van der Waals surface area contributed by atoms with Crippen LogP contribution in [0.3, 0.4) is 0 Å². The van der Waals surface area contributed by atoms with E-state index in [-0.39, 0.29) is 54.4 Å². The molecule has 8 aliphatic rings. The van der Waals surface area contributed by atoms with E-state index < -0.39 is 0 Å². The summed E-state index contributed by atoms with van der Waals surface area (Å²) in [4.78, 5) is 24.3. The van der Waals surface area contributed by atoms with E-state index in [2.05, 4.69) is 33.8 Å². The fourth-order valence-electron chi connectivity index (χ4n) is 15.2. The van der Waals surface area contributed by atoms with Crippen LogP contribution in [0.1, 0.15) is 158 Å². The maximum Gasteiger partial charge on any atom is 0.133 e. The van der Waals surface area contributed by atoms with Gasteiger partial charge in [-0.05, 0) is 186 Å². The molecule has 0 saturated heterocycles. The van der Waals surface area contributed by atoms with Crippen molar-refractivity contribution < 1.29 is 19.8 Å². The van der Waals surface area contributed by atoms with Crippen molar-refractivity contribution in [3.8, 4) is 0 Å². The highest BCUT2D eigenvalue weighted by Gasteiger charge is 2.61. The first kappa shape index (κ1) is 38.9. The van der Waals surface area contributed by atoms with Crippen molar-refractivity contribution in [1.82, 2.24) is 0 Å². The first-order valence-corrected chi connectivity index (χ1v) is 19.8. The zero-order valence-electron chi connectivity index (χ0n) is 30.6. The van der Waals surface area contributed by atoms with Gasteiger partial charge in [-0.1, -0.05) is 46.8 Å². The number of aliphatic hydroxyl groups excluding tert-OH is 2. The van der Waals surface area contributed by atoms with E-state index in [4.69, 9.17) is 0 Å². The molecule has 7 saturated carbocycles. The zero-order chi connectivity index (χ0) is 32.8. The monoisotopic (exact) mass is 778 g/mol. The van der Waals surface area contributed by atoms with Crippen molar-refractivity contribution in [3.05, 3.63) is 11.6 Å². The largest absolute Gasteiger partial charge is 0.393 e. The molecular weight excluding hydrogens is 707 g/mol. The molecule has 0 heterocycles. The summed E-state index contributed by atoms with van der Waals surface area (Å²) >= 11 is 0. The van der Waals surface area contributed by atoms with Gasteiger partial charge < -0.3 is 10.2 Å². The number of carbonyl (C=O) groups is 2. The number of hydrogen-bond donors (Lipinski definition) is 2. The highest BCUT2D eigenvalue weighted by molar-refractivity contribution is 14.0. The van der Waals surface area contributed by atoms with E-state index in [0.717, 1.165) is 86.4 Å². The van der Waals surface area contributed by atoms with Crippen molar-refractivity contribution in [1.29, 1.82) is 0 Å². The Hall–Kier alpha value is -0.270. The average molecular weight is 779 g/mol. The number of halogens is 1. The fourth-order valence-corrected chi connectivity index (χ4v) is 15.2. The molecule has 0 radical (unpaired) electrons. The summed E-state index contributed by atoms with van der Waals surface area (Å²) in [5.41, 5.74) is 2.85. The van der Waals surface area contributed by atoms with Gasteiger partial charge in [0.05, 0.1) is 12.2 Å². The number of hydrogen-bond acceptors (Lipinski definition) is 4. The number of aliphatic hydroxyl groups is 2. The van der Waals surface area contributed by atoms with Crippen molar-refractivity contribution in [2.75, 3.05) is 0 Å². The third-order valence-electron chi connectivity index (χ3n) is 17.7. The molecular formula is C43H71IO4. The predicted molar refractivity (Wildman–Crippen MR) is 206 cm³/mol. The lowest BCUT2D eigenvalue weighted by Gasteiger charge is -2.60. The fraction of sp³-hybridized carbons (Fsp3) is 0.907. The summed E-state index contributed by atoms with van der Waals surface area (Å²) in [6.07, 6.45) is 22.3. The number of Topliss-reactive ketones (excluding diaryl/α,β-unsaturated/α-hetero) is 2. The first-order valence-electron chi connectivity index (χ1n) is 19.8. The SMILES string of the molecule is C.CC(=O)[C@H]1CCC2C3CC=C4C[C@@H](O)CC[C@]4(C)C3CC[C@@]21C.CC(=O)[C@H]1CCC2C3CC[C@H]4C[C@@H](O)CC[C@]4(C)C3CC[C@@]21C.I. The van der Waals surface area contributed by atoms with Crippen molar-refractivity contribution in [3.63, 3.8) is 0 Å². The molecule has 0 bridgehead atoms. The van der Waals surface area contributed by atoms with Crippen LogP contribution in [-0.4, -0.2) is 34.0 Å². The summed E-state index contributed by atoms with van der Waals surface area (Å²) in [5.74, 6) is 6.97. The summed E-state index contributed by atoms with van der Waals surface area (Å²) in [5, 5.41) is 20.2. The lowest BCUT2D eigenvalue weighted by molar-refractivity contribution is -0.138. The summed E-state index contributed by atoms with van der Waals surface area (Å²) < 4.78 is 0. The summed E-state index contributed by atoms with van der Waals surface area (Å²) in [7, 11) is 0. The number of rotatable bonds is 2.